The van der Waals surface area contributed by atoms with E-state index in [2.05, 4.69) is 19.2 Å². The van der Waals surface area contributed by atoms with E-state index in [1.165, 1.54) is 83.7 Å². The maximum Gasteiger partial charge on any atom is -0.00489 e. The molecular formula is C15H33N. The van der Waals surface area contributed by atoms with Gasteiger partial charge in [-0.1, -0.05) is 71.6 Å². The fourth-order valence-electron chi connectivity index (χ4n) is 1.99. The molecule has 0 fully saturated rings. The van der Waals surface area contributed by atoms with Crippen LogP contribution in [0.25, 0.3) is 0 Å². The highest BCUT2D eigenvalue weighted by atomic mass is 14.8. The van der Waals surface area contributed by atoms with Crippen molar-refractivity contribution in [3.8, 4) is 0 Å². The van der Waals surface area contributed by atoms with Gasteiger partial charge in [0.15, 0.2) is 0 Å². The lowest BCUT2D eigenvalue weighted by Gasteiger charge is -2.04. The largest absolute Gasteiger partial charge is 0.317 e. The van der Waals surface area contributed by atoms with Gasteiger partial charge in [-0.25, -0.2) is 0 Å². The highest BCUT2D eigenvalue weighted by molar-refractivity contribution is 4.50. The molecule has 0 aliphatic heterocycles. The van der Waals surface area contributed by atoms with Gasteiger partial charge in [-0.3, -0.25) is 0 Å². The fourth-order valence-corrected chi connectivity index (χ4v) is 1.99. The molecule has 0 rings (SSSR count). The number of unbranched alkanes of at least 4 members (excludes halogenated alkanes) is 9. The zero-order valence-electron chi connectivity index (χ0n) is 11.7. The summed E-state index contributed by atoms with van der Waals surface area (Å²) >= 11 is 0. The summed E-state index contributed by atoms with van der Waals surface area (Å²) in [6.07, 6.45) is 15.5. The molecule has 0 heterocycles. The number of hydrogen-bond acceptors (Lipinski definition) is 1. The van der Waals surface area contributed by atoms with Crippen molar-refractivity contribution in [2.24, 2.45) is 0 Å². The van der Waals surface area contributed by atoms with Crippen molar-refractivity contribution in [3.05, 3.63) is 0 Å². The van der Waals surface area contributed by atoms with E-state index in [9.17, 15) is 0 Å². The minimum absolute atomic E-state index is 1.22. The van der Waals surface area contributed by atoms with Gasteiger partial charge in [0, 0.05) is 0 Å². The molecular weight excluding hydrogens is 194 g/mol. The van der Waals surface area contributed by atoms with Crippen LogP contribution in [0, 0.1) is 0 Å². The van der Waals surface area contributed by atoms with Crippen LogP contribution in [0.4, 0.5) is 0 Å². The Labute approximate surface area is 103 Å². The number of nitrogens with one attached hydrogen (secondary N) is 1. The van der Waals surface area contributed by atoms with Gasteiger partial charge in [-0.2, -0.15) is 0 Å². The Hall–Kier alpha value is -0.0400. The van der Waals surface area contributed by atoms with Gasteiger partial charge in [0.1, 0.15) is 0 Å². The van der Waals surface area contributed by atoms with Crippen LogP contribution in [0.5, 0.6) is 0 Å². The minimum atomic E-state index is 1.22. The second kappa shape index (κ2) is 15.0. The van der Waals surface area contributed by atoms with E-state index in [0.29, 0.717) is 0 Å². The van der Waals surface area contributed by atoms with E-state index in [1.54, 1.807) is 0 Å². The molecule has 0 radical (unpaired) electrons. The molecule has 0 atom stereocenters. The first-order valence-corrected chi connectivity index (χ1v) is 7.62. The summed E-state index contributed by atoms with van der Waals surface area (Å²) in [6, 6.07) is 0. The molecule has 0 aromatic carbocycles. The monoisotopic (exact) mass is 227 g/mol. The molecule has 0 aliphatic rings. The van der Waals surface area contributed by atoms with Gasteiger partial charge >= 0.3 is 0 Å². The van der Waals surface area contributed by atoms with E-state index in [-0.39, 0.29) is 0 Å². The second-order valence-electron chi connectivity index (χ2n) is 4.93. The van der Waals surface area contributed by atoms with Crippen LogP contribution in [0.1, 0.15) is 84.5 Å². The molecule has 98 valence electrons. The van der Waals surface area contributed by atoms with Crippen molar-refractivity contribution in [3.63, 3.8) is 0 Å². The minimum Gasteiger partial charge on any atom is -0.317 e. The van der Waals surface area contributed by atoms with Crippen LogP contribution in [-0.2, 0) is 0 Å². The molecule has 0 aliphatic carbocycles. The van der Waals surface area contributed by atoms with Crippen LogP contribution in [-0.4, -0.2) is 13.1 Å². The molecule has 1 heteroatoms. The predicted octanol–water partition coefficient (Wildman–Crippen LogP) is 4.91. The Balaban J connectivity index is 2.83. The molecule has 0 bridgehead atoms. The Morgan fingerprint density at radius 2 is 0.938 bits per heavy atom. The van der Waals surface area contributed by atoms with Gasteiger partial charge in [0.2, 0.25) is 0 Å². The third kappa shape index (κ3) is 14.0. The van der Waals surface area contributed by atoms with Crippen LogP contribution >= 0.6 is 0 Å². The van der Waals surface area contributed by atoms with Crippen LogP contribution < -0.4 is 5.32 Å². The molecule has 0 unspecified atom stereocenters. The summed E-state index contributed by atoms with van der Waals surface area (Å²) < 4.78 is 0. The van der Waals surface area contributed by atoms with Gasteiger partial charge in [0.05, 0.1) is 0 Å². The van der Waals surface area contributed by atoms with Crippen LogP contribution in [0.2, 0.25) is 0 Å². The van der Waals surface area contributed by atoms with E-state index < -0.39 is 0 Å². The molecule has 16 heavy (non-hydrogen) atoms. The van der Waals surface area contributed by atoms with Gasteiger partial charge in [-0.15, -0.1) is 0 Å². The summed E-state index contributed by atoms with van der Waals surface area (Å²) in [7, 11) is 0. The first kappa shape index (κ1) is 16.0. The van der Waals surface area contributed by atoms with Crippen molar-refractivity contribution >= 4 is 0 Å². The second-order valence-corrected chi connectivity index (χ2v) is 4.93. The Bertz CT molecular complexity index is 98.0. The van der Waals surface area contributed by atoms with E-state index in [4.69, 9.17) is 0 Å². The Morgan fingerprint density at radius 3 is 1.50 bits per heavy atom. The van der Waals surface area contributed by atoms with E-state index >= 15 is 0 Å². The normalized spacial score (nSPS) is 10.9. The SMILES string of the molecule is CCCCCCCCCCCNCCCC. The topological polar surface area (TPSA) is 12.0 Å². The summed E-state index contributed by atoms with van der Waals surface area (Å²) in [6.45, 7) is 6.98. The first-order valence-electron chi connectivity index (χ1n) is 7.62. The van der Waals surface area contributed by atoms with Crippen LogP contribution in [0.15, 0.2) is 0 Å². The van der Waals surface area contributed by atoms with Gasteiger partial charge < -0.3 is 5.32 Å². The molecule has 0 amide bonds. The maximum absolute atomic E-state index is 3.51. The quantitative estimate of drug-likeness (QED) is 0.441. The zero-order chi connectivity index (χ0) is 11.9. The average molecular weight is 227 g/mol. The van der Waals surface area contributed by atoms with E-state index in [1.807, 2.05) is 0 Å². The third-order valence-electron chi connectivity index (χ3n) is 3.16. The lowest BCUT2D eigenvalue weighted by atomic mass is 10.1. The predicted molar refractivity (Wildman–Crippen MR) is 75.0 cm³/mol. The highest BCUT2D eigenvalue weighted by Crippen LogP contribution is 2.09. The molecule has 0 aromatic rings. The van der Waals surface area contributed by atoms with Crippen molar-refractivity contribution in [1.29, 1.82) is 0 Å². The van der Waals surface area contributed by atoms with E-state index in [0.717, 1.165) is 0 Å². The molecule has 0 aromatic heterocycles. The summed E-state index contributed by atoms with van der Waals surface area (Å²) in [4.78, 5) is 0. The molecule has 1 N–H and O–H groups in total. The average Bonchev–Trinajstić information content (AvgIpc) is 2.31. The summed E-state index contributed by atoms with van der Waals surface area (Å²) in [5.41, 5.74) is 0. The van der Waals surface area contributed by atoms with Gasteiger partial charge in [-0.05, 0) is 25.9 Å². The summed E-state index contributed by atoms with van der Waals surface area (Å²) in [5, 5.41) is 3.51. The van der Waals surface area contributed by atoms with Crippen molar-refractivity contribution in [2.75, 3.05) is 13.1 Å². The lowest BCUT2D eigenvalue weighted by molar-refractivity contribution is 0.544. The Kier molecular flexibility index (Phi) is 14.9. The third-order valence-corrected chi connectivity index (χ3v) is 3.16. The number of rotatable bonds is 13. The zero-order valence-corrected chi connectivity index (χ0v) is 11.7. The summed E-state index contributed by atoms with van der Waals surface area (Å²) in [5.74, 6) is 0. The lowest BCUT2D eigenvalue weighted by Crippen LogP contribution is -2.16. The van der Waals surface area contributed by atoms with Crippen LogP contribution in [0.3, 0.4) is 0 Å². The standard InChI is InChI=1S/C15H33N/c1-3-5-7-8-9-10-11-12-13-15-16-14-6-4-2/h16H,3-15H2,1-2H3. The number of hydrogen-bond donors (Lipinski definition) is 1. The van der Waals surface area contributed by atoms with Crippen molar-refractivity contribution in [1.82, 2.24) is 5.32 Å². The fraction of sp³-hybridized carbons (Fsp3) is 1.00. The smallest absolute Gasteiger partial charge is 0.00489 e. The molecule has 0 saturated carbocycles. The van der Waals surface area contributed by atoms with Crippen molar-refractivity contribution in [2.45, 2.75) is 84.5 Å². The highest BCUT2D eigenvalue weighted by Gasteiger charge is 1.92. The maximum atomic E-state index is 3.51. The molecule has 1 nitrogen and oxygen atoms in total. The molecule has 0 saturated heterocycles. The Morgan fingerprint density at radius 1 is 0.500 bits per heavy atom. The van der Waals surface area contributed by atoms with Gasteiger partial charge in [0.25, 0.3) is 0 Å². The first-order chi connectivity index (χ1) is 7.91. The van der Waals surface area contributed by atoms with Crippen molar-refractivity contribution < 1.29 is 0 Å². The molecule has 0 spiro atoms.